The maximum atomic E-state index is 13.0. The molecule has 2 rings (SSSR count). The normalized spacial score (nSPS) is 22.4. The van der Waals surface area contributed by atoms with Crippen molar-refractivity contribution in [2.24, 2.45) is 0 Å². The zero-order chi connectivity index (χ0) is 8.72. The van der Waals surface area contributed by atoms with Crippen molar-refractivity contribution in [1.29, 1.82) is 0 Å². The Morgan fingerprint density at radius 2 is 1.92 bits per heavy atom. The van der Waals surface area contributed by atoms with E-state index in [-0.39, 0.29) is 0 Å². The average molecular weight is 220 g/mol. The Bertz CT molecular complexity index is 305. The molecule has 1 aromatic rings. The summed E-state index contributed by atoms with van der Waals surface area (Å²) in [5, 5.41) is 0. The molecule has 0 saturated carbocycles. The van der Waals surface area contributed by atoms with Gasteiger partial charge in [-0.05, 0) is 13.8 Å². The van der Waals surface area contributed by atoms with E-state index < -0.39 is 5.50 Å². The summed E-state index contributed by atoms with van der Waals surface area (Å²) in [5.41, 5.74) is -0.713. The van der Waals surface area contributed by atoms with E-state index in [1.54, 1.807) is 23.1 Å². The van der Waals surface area contributed by atoms with Gasteiger partial charge in [-0.15, -0.1) is 23.1 Å². The molecule has 1 aliphatic rings. The lowest BCUT2D eigenvalue weighted by Gasteiger charge is -2.15. The van der Waals surface area contributed by atoms with Crippen molar-refractivity contribution in [1.82, 2.24) is 0 Å². The van der Waals surface area contributed by atoms with E-state index in [0.29, 0.717) is 5.75 Å². The highest BCUT2D eigenvalue weighted by Gasteiger charge is 2.24. The Hall–Kier alpha value is 0.330. The number of thioether (sulfide) groups is 2. The third-order valence-electron chi connectivity index (χ3n) is 1.76. The molecule has 0 bridgehead atoms. The zero-order valence-corrected chi connectivity index (χ0v) is 9.34. The molecular weight excluding hydrogens is 211 g/mol. The van der Waals surface area contributed by atoms with Gasteiger partial charge in [-0.25, -0.2) is 4.39 Å². The second-order valence-electron chi connectivity index (χ2n) is 2.71. The van der Waals surface area contributed by atoms with Gasteiger partial charge in [-0.2, -0.15) is 0 Å². The highest BCUT2D eigenvalue weighted by molar-refractivity contribution is 8.06. The van der Waals surface area contributed by atoms with E-state index >= 15 is 0 Å². The van der Waals surface area contributed by atoms with Crippen molar-refractivity contribution < 1.29 is 4.39 Å². The Morgan fingerprint density at radius 1 is 1.25 bits per heavy atom. The van der Waals surface area contributed by atoms with Crippen LogP contribution in [0.15, 0.2) is 9.79 Å². The first-order valence-electron chi connectivity index (χ1n) is 3.72. The summed E-state index contributed by atoms with van der Waals surface area (Å²) in [6, 6.07) is 0. The number of aryl methyl sites for hydroxylation is 2. The molecule has 0 spiro atoms. The SMILES string of the molecule is Cc1sc(C)c2c1SCC(F)S2. The van der Waals surface area contributed by atoms with Gasteiger partial charge in [-0.1, -0.05) is 11.8 Å². The molecule has 4 heteroatoms. The van der Waals surface area contributed by atoms with Crippen LogP contribution in [0.4, 0.5) is 4.39 Å². The summed E-state index contributed by atoms with van der Waals surface area (Å²) in [6.45, 7) is 4.19. The molecule has 0 radical (unpaired) electrons. The van der Waals surface area contributed by atoms with Crippen LogP contribution in [0.2, 0.25) is 0 Å². The van der Waals surface area contributed by atoms with Gasteiger partial charge in [0, 0.05) is 25.3 Å². The lowest BCUT2D eigenvalue weighted by molar-refractivity contribution is 0.487. The second-order valence-corrected chi connectivity index (χ2v) is 6.33. The Balaban J connectivity index is 2.45. The summed E-state index contributed by atoms with van der Waals surface area (Å²) in [4.78, 5) is 5.10. The summed E-state index contributed by atoms with van der Waals surface area (Å²) < 4.78 is 13.0. The van der Waals surface area contributed by atoms with Crippen LogP contribution in [0.1, 0.15) is 9.75 Å². The van der Waals surface area contributed by atoms with Gasteiger partial charge in [0.2, 0.25) is 0 Å². The zero-order valence-electron chi connectivity index (χ0n) is 6.89. The fraction of sp³-hybridized carbons (Fsp3) is 0.500. The average Bonchev–Trinajstić information content (AvgIpc) is 2.28. The molecule has 0 aliphatic carbocycles. The predicted octanol–water partition coefficient (Wildman–Crippen LogP) is 3.86. The molecule has 1 aliphatic heterocycles. The van der Waals surface area contributed by atoms with Gasteiger partial charge in [0.25, 0.3) is 0 Å². The Labute approximate surface area is 83.9 Å². The van der Waals surface area contributed by atoms with Crippen LogP contribution in [0.5, 0.6) is 0 Å². The smallest absolute Gasteiger partial charge is 0.159 e. The highest BCUT2D eigenvalue weighted by Crippen LogP contribution is 2.48. The molecule has 0 nitrogen and oxygen atoms in total. The number of alkyl halides is 1. The molecule has 0 saturated heterocycles. The minimum absolute atomic E-state index is 0.606. The van der Waals surface area contributed by atoms with Crippen LogP contribution in [0, 0.1) is 13.8 Å². The molecule has 1 aromatic heterocycles. The monoisotopic (exact) mass is 220 g/mol. The molecule has 0 N–H and O–H groups in total. The second kappa shape index (κ2) is 3.24. The Kier molecular flexibility index (Phi) is 2.40. The standard InChI is InChI=1S/C8H9FS3/c1-4-7-8(5(2)11-4)12-6(9)3-10-7/h6H,3H2,1-2H3. The molecule has 1 unspecified atom stereocenters. The summed E-state index contributed by atoms with van der Waals surface area (Å²) >= 11 is 4.82. The summed E-state index contributed by atoms with van der Waals surface area (Å²) in [5.74, 6) is 0.606. The lowest BCUT2D eigenvalue weighted by atomic mass is 10.4. The van der Waals surface area contributed by atoms with Gasteiger partial charge in [0.05, 0.1) is 0 Å². The van der Waals surface area contributed by atoms with Crippen molar-refractivity contribution in [3.05, 3.63) is 9.75 Å². The fourth-order valence-corrected chi connectivity index (χ4v) is 5.07. The largest absolute Gasteiger partial charge is 0.234 e. The summed E-state index contributed by atoms with van der Waals surface area (Å²) in [6.07, 6.45) is 0. The fourth-order valence-electron chi connectivity index (χ4n) is 1.26. The van der Waals surface area contributed by atoms with Gasteiger partial charge in [0.1, 0.15) is 0 Å². The van der Waals surface area contributed by atoms with E-state index in [4.69, 9.17) is 0 Å². The molecule has 1 atom stereocenters. The van der Waals surface area contributed by atoms with Gasteiger partial charge < -0.3 is 0 Å². The lowest BCUT2D eigenvalue weighted by Crippen LogP contribution is -2.02. The number of halogens is 1. The first-order valence-corrected chi connectivity index (χ1v) is 6.40. The van der Waals surface area contributed by atoms with Crippen LogP contribution in [0.25, 0.3) is 0 Å². The van der Waals surface area contributed by atoms with Crippen molar-refractivity contribution in [3.8, 4) is 0 Å². The summed E-state index contributed by atoms with van der Waals surface area (Å²) in [7, 11) is 0. The van der Waals surface area contributed by atoms with E-state index in [1.807, 2.05) is 0 Å². The number of fused-ring (bicyclic) bond motifs is 1. The van der Waals surface area contributed by atoms with Crippen molar-refractivity contribution in [2.45, 2.75) is 29.1 Å². The number of rotatable bonds is 0. The first-order chi connectivity index (χ1) is 5.68. The van der Waals surface area contributed by atoms with Gasteiger partial charge in [0.15, 0.2) is 5.50 Å². The molecular formula is C8H9FS3. The van der Waals surface area contributed by atoms with Crippen molar-refractivity contribution in [2.75, 3.05) is 5.75 Å². The van der Waals surface area contributed by atoms with Crippen LogP contribution in [0.3, 0.4) is 0 Å². The van der Waals surface area contributed by atoms with Crippen LogP contribution < -0.4 is 0 Å². The van der Waals surface area contributed by atoms with Crippen LogP contribution in [-0.2, 0) is 0 Å². The minimum Gasteiger partial charge on any atom is -0.234 e. The van der Waals surface area contributed by atoms with Gasteiger partial charge in [-0.3, -0.25) is 0 Å². The van der Waals surface area contributed by atoms with Crippen LogP contribution in [-0.4, -0.2) is 11.3 Å². The van der Waals surface area contributed by atoms with E-state index in [1.165, 1.54) is 31.3 Å². The quantitative estimate of drug-likeness (QED) is 0.651. The Morgan fingerprint density at radius 3 is 2.67 bits per heavy atom. The molecule has 12 heavy (non-hydrogen) atoms. The van der Waals surface area contributed by atoms with Crippen LogP contribution >= 0.6 is 34.9 Å². The molecule has 66 valence electrons. The number of hydrogen-bond donors (Lipinski definition) is 0. The first kappa shape index (κ1) is 8.91. The van der Waals surface area contributed by atoms with E-state index in [9.17, 15) is 4.39 Å². The number of thiophene rings is 1. The molecule has 0 amide bonds. The topological polar surface area (TPSA) is 0 Å². The predicted molar refractivity (Wildman–Crippen MR) is 55.3 cm³/mol. The maximum Gasteiger partial charge on any atom is 0.159 e. The van der Waals surface area contributed by atoms with E-state index in [0.717, 1.165) is 0 Å². The minimum atomic E-state index is -0.713. The molecule has 0 aromatic carbocycles. The highest BCUT2D eigenvalue weighted by atomic mass is 32.2. The van der Waals surface area contributed by atoms with Crippen molar-refractivity contribution in [3.63, 3.8) is 0 Å². The third kappa shape index (κ3) is 1.40. The van der Waals surface area contributed by atoms with Gasteiger partial charge >= 0.3 is 0 Å². The maximum absolute atomic E-state index is 13.0. The van der Waals surface area contributed by atoms with E-state index in [2.05, 4.69) is 13.8 Å². The number of hydrogen-bond acceptors (Lipinski definition) is 3. The molecule has 0 fully saturated rings. The third-order valence-corrected chi connectivity index (χ3v) is 5.80. The molecule has 2 heterocycles. The van der Waals surface area contributed by atoms with Crippen molar-refractivity contribution >= 4 is 34.9 Å².